The molecule has 0 atom stereocenters. The summed E-state index contributed by atoms with van der Waals surface area (Å²) in [5.74, 6) is -0.927. The minimum Gasteiger partial charge on any atom is -0.489 e. The molecule has 1 aromatic carbocycles. The summed E-state index contributed by atoms with van der Waals surface area (Å²) in [5.41, 5.74) is 12.7. The second-order valence-corrected chi connectivity index (χ2v) is 6.16. The van der Waals surface area contributed by atoms with Crippen LogP contribution in [0.25, 0.3) is 11.0 Å². The Hall–Kier alpha value is -3.15. The van der Waals surface area contributed by atoms with Crippen molar-refractivity contribution >= 4 is 28.9 Å². The Morgan fingerprint density at radius 2 is 1.80 bits per heavy atom. The predicted octanol–water partition coefficient (Wildman–Crippen LogP) is 0.153. The first-order valence-electron chi connectivity index (χ1n) is 9.29. The zero-order valence-corrected chi connectivity index (χ0v) is 16.5. The average molecular weight is 422 g/mol. The Morgan fingerprint density at radius 3 is 2.47 bits per heavy atom. The molecule has 11 heteroatoms. The second kappa shape index (κ2) is 11.8. The van der Waals surface area contributed by atoms with E-state index in [0.29, 0.717) is 23.3 Å². The van der Waals surface area contributed by atoms with Crippen LogP contribution in [0, 0.1) is 0 Å². The number of nitrogens with zero attached hydrogens (tertiary/aromatic N) is 2. The number of aliphatic hydroxyl groups is 1. The van der Waals surface area contributed by atoms with Crippen LogP contribution in [0.4, 0.5) is 5.95 Å². The number of allylic oxidation sites excluding steroid dienone is 1. The molecule has 0 unspecified atom stereocenters. The molecule has 2 aromatic rings. The summed E-state index contributed by atoms with van der Waals surface area (Å²) in [6.45, 7) is 1.38. The van der Waals surface area contributed by atoms with E-state index in [-0.39, 0.29) is 57.6 Å². The number of aliphatic carboxylic acids is 1. The van der Waals surface area contributed by atoms with Gasteiger partial charge in [-0.2, -0.15) is 0 Å². The number of amides is 1. The summed E-state index contributed by atoms with van der Waals surface area (Å²) in [7, 11) is 0. The van der Waals surface area contributed by atoms with Gasteiger partial charge in [0.25, 0.3) is 0 Å². The Kier molecular flexibility index (Phi) is 9.06. The van der Waals surface area contributed by atoms with E-state index < -0.39 is 11.9 Å². The van der Waals surface area contributed by atoms with E-state index in [2.05, 4.69) is 4.98 Å². The summed E-state index contributed by atoms with van der Waals surface area (Å²) in [6, 6.07) is 3.06. The van der Waals surface area contributed by atoms with Crippen molar-refractivity contribution in [1.82, 2.24) is 9.55 Å². The molecule has 30 heavy (non-hydrogen) atoms. The smallest absolute Gasteiger partial charge is 0.305 e. The van der Waals surface area contributed by atoms with Gasteiger partial charge < -0.3 is 40.5 Å². The number of aromatic nitrogens is 2. The number of benzene rings is 1. The lowest BCUT2D eigenvalue weighted by Crippen LogP contribution is -2.14. The summed E-state index contributed by atoms with van der Waals surface area (Å²) in [5, 5.41) is 17.4. The highest BCUT2D eigenvalue weighted by molar-refractivity contribution is 5.98. The number of primary amides is 1. The third-order valence-corrected chi connectivity index (χ3v) is 4.00. The molecule has 0 aliphatic heterocycles. The molecule has 1 amide bonds. The molecule has 0 fully saturated rings. The van der Waals surface area contributed by atoms with Gasteiger partial charge in [0.2, 0.25) is 11.9 Å². The number of anilines is 1. The van der Waals surface area contributed by atoms with Gasteiger partial charge in [0.1, 0.15) is 17.9 Å². The molecule has 0 bridgehead atoms. The third kappa shape index (κ3) is 6.72. The number of imidazole rings is 1. The third-order valence-electron chi connectivity index (χ3n) is 4.00. The van der Waals surface area contributed by atoms with E-state index in [0.717, 1.165) is 0 Å². The van der Waals surface area contributed by atoms with Gasteiger partial charge in [0, 0.05) is 12.1 Å². The number of nitrogens with two attached hydrogens (primary N) is 2. The predicted molar refractivity (Wildman–Crippen MR) is 108 cm³/mol. The van der Waals surface area contributed by atoms with E-state index >= 15 is 0 Å². The lowest BCUT2D eigenvalue weighted by atomic mass is 10.1. The van der Waals surface area contributed by atoms with Crippen molar-refractivity contribution in [2.75, 3.05) is 45.4 Å². The van der Waals surface area contributed by atoms with Crippen molar-refractivity contribution < 1.29 is 34.0 Å². The number of hydrogen-bond donors (Lipinski definition) is 4. The molecule has 0 aliphatic rings. The van der Waals surface area contributed by atoms with Gasteiger partial charge in [-0.05, 0) is 12.1 Å². The zero-order chi connectivity index (χ0) is 21.9. The maximum atomic E-state index is 11.6. The molecule has 2 rings (SSSR count). The molecule has 1 aromatic heterocycles. The average Bonchev–Trinajstić information content (AvgIpc) is 3.01. The molecular weight excluding hydrogens is 396 g/mol. The fourth-order valence-electron chi connectivity index (χ4n) is 2.63. The number of carboxylic acids is 1. The van der Waals surface area contributed by atoms with E-state index in [4.69, 9.17) is 35.9 Å². The number of fused-ring (bicyclic) bond motifs is 1. The summed E-state index contributed by atoms with van der Waals surface area (Å²) in [4.78, 5) is 26.3. The van der Waals surface area contributed by atoms with Crippen molar-refractivity contribution in [3.05, 3.63) is 29.8 Å². The summed E-state index contributed by atoms with van der Waals surface area (Å²) < 4.78 is 18.0. The topological polar surface area (TPSA) is 172 Å². The highest BCUT2D eigenvalue weighted by Crippen LogP contribution is 2.30. The monoisotopic (exact) mass is 422 g/mol. The van der Waals surface area contributed by atoms with Gasteiger partial charge in [-0.1, -0.05) is 12.2 Å². The van der Waals surface area contributed by atoms with Crippen LogP contribution in [-0.4, -0.2) is 71.3 Å². The minimum absolute atomic E-state index is 0.0559. The van der Waals surface area contributed by atoms with Crippen molar-refractivity contribution in [3.8, 4) is 5.75 Å². The van der Waals surface area contributed by atoms with E-state index in [1.54, 1.807) is 16.7 Å². The quantitative estimate of drug-likeness (QED) is 0.244. The van der Waals surface area contributed by atoms with E-state index in [1.165, 1.54) is 12.1 Å². The van der Waals surface area contributed by atoms with Gasteiger partial charge in [0.05, 0.1) is 45.0 Å². The number of carbonyl (C=O) groups excluding carboxylic acids is 1. The van der Waals surface area contributed by atoms with Crippen LogP contribution < -0.4 is 16.2 Å². The fraction of sp³-hybridized carbons (Fsp3) is 0.421. The van der Waals surface area contributed by atoms with E-state index in [9.17, 15) is 9.59 Å². The van der Waals surface area contributed by atoms with Crippen LogP contribution in [0.15, 0.2) is 24.3 Å². The number of aliphatic hydroxyl groups excluding tert-OH is 1. The first kappa shape index (κ1) is 23.1. The summed E-state index contributed by atoms with van der Waals surface area (Å²) >= 11 is 0. The SMILES string of the molecule is NC(=O)c1cc(OCCOCCOCCC(=O)O)c2c(c1)nc(N)n2C/C=C/CO. The minimum atomic E-state index is -0.916. The zero-order valence-electron chi connectivity index (χ0n) is 16.5. The standard InChI is InChI=1S/C19H26N4O7/c20-18(27)13-11-14-17(23(19(21)22-14)4-1-2-5-24)15(12-13)30-10-9-29-8-7-28-6-3-16(25)26/h1-2,11-12,24H,3-10H2,(H2,20,27)(H2,21,22)(H,25,26)/b2-1+. The maximum absolute atomic E-state index is 11.6. The number of rotatable bonds is 14. The van der Waals surface area contributed by atoms with Crippen LogP contribution in [0.3, 0.4) is 0 Å². The molecule has 0 aliphatic carbocycles. The van der Waals surface area contributed by atoms with E-state index in [1.807, 2.05) is 0 Å². The number of ether oxygens (including phenoxy) is 3. The maximum Gasteiger partial charge on any atom is 0.305 e. The van der Waals surface area contributed by atoms with Crippen LogP contribution in [0.1, 0.15) is 16.8 Å². The number of carbonyl (C=O) groups is 2. The molecule has 11 nitrogen and oxygen atoms in total. The van der Waals surface area contributed by atoms with Crippen molar-refractivity contribution in [1.29, 1.82) is 0 Å². The van der Waals surface area contributed by atoms with Crippen LogP contribution >= 0.6 is 0 Å². The molecule has 0 saturated heterocycles. The Labute approximate surface area is 172 Å². The molecule has 0 radical (unpaired) electrons. The van der Waals surface area contributed by atoms with Crippen molar-refractivity contribution in [2.24, 2.45) is 5.73 Å². The highest BCUT2D eigenvalue weighted by atomic mass is 16.5. The Bertz CT molecular complexity index is 895. The lowest BCUT2D eigenvalue weighted by molar-refractivity contribution is -0.138. The number of hydrogen-bond acceptors (Lipinski definition) is 8. The lowest BCUT2D eigenvalue weighted by Gasteiger charge is -2.12. The van der Waals surface area contributed by atoms with Gasteiger partial charge in [0.15, 0.2) is 0 Å². The normalized spacial score (nSPS) is 11.4. The molecule has 164 valence electrons. The van der Waals surface area contributed by atoms with Crippen molar-refractivity contribution in [3.63, 3.8) is 0 Å². The molecule has 0 spiro atoms. The van der Waals surface area contributed by atoms with Crippen LogP contribution in [0.5, 0.6) is 5.75 Å². The van der Waals surface area contributed by atoms with Gasteiger partial charge in [-0.3, -0.25) is 9.59 Å². The Balaban J connectivity index is 2.01. The van der Waals surface area contributed by atoms with Gasteiger partial charge >= 0.3 is 5.97 Å². The largest absolute Gasteiger partial charge is 0.489 e. The van der Waals surface area contributed by atoms with Crippen molar-refractivity contribution in [2.45, 2.75) is 13.0 Å². The van der Waals surface area contributed by atoms with Crippen LogP contribution in [-0.2, 0) is 20.8 Å². The number of nitrogen functional groups attached to an aromatic ring is 1. The molecular formula is C19H26N4O7. The first-order chi connectivity index (χ1) is 14.4. The molecule has 1 heterocycles. The van der Waals surface area contributed by atoms with Gasteiger partial charge in [-0.25, -0.2) is 4.98 Å². The molecule has 6 N–H and O–H groups in total. The second-order valence-electron chi connectivity index (χ2n) is 6.16. The van der Waals surface area contributed by atoms with Gasteiger partial charge in [-0.15, -0.1) is 0 Å². The number of carboxylic acid groups (broad SMARTS) is 1. The highest BCUT2D eigenvalue weighted by Gasteiger charge is 2.16. The molecule has 0 saturated carbocycles. The first-order valence-corrected chi connectivity index (χ1v) is 9.29. The van der Waals surface area contributed by atoms with Crippen LogP contribution in [0.2, 0.25) is 0 Å². The fourth-order valence-corrected chi connectivity index (χ4v) is 2.63. The summed E-state index contributed by atoms with van der Waals surface area (Å²) in [6.07, 6.45) is 3.26. The Morgan fingerprint density at radius 1 is 1.10 bits per heavy atom.